The summed E-state index contributed by atoms with van der Waals surface area (Å²) in [5.74, 6) is 1.41. The van der Waals surface area contributed by atoms with Crippen LogP contribution in [-0.2, 0) is 13.7 Å². The van der Waals surface area contributed by atoms with E-state index in [2.05, 4.69) is 4.98 Å². The molecule has 0 aliphatic rings. The molecule has 2 rings (SSSR count). The molecule has 0 amide bonds. The van der Waals surface area contributed by atoms with Crippen LogP contribution in [0, 0.1) is 0 Å². The van der Waals surface area contributed by atoms with Crippen molar-refractivity contribution in [2.24, 2.45) is 7.05 Å². The van der Waals surface area contributed by atoms with Crippen molar-refractivity contribution >= 4 is 11.6 Å². The number of rotatable bonds is 4. The Hall–Kier alpha value is -1.52. The van der Waals surface area contributed by atoms with Gasteiger partial charge in [0.2, 0.25) is 0 Å². The maximum Gasteiger partial charge on any atom is 0.146 e. The predicted molar refractivity (Wildman–Crippen MR) is 69.6 cm³/mol. The number of aliphatic hydroxyl groups excluding tert-OH is 1. The van der Waals surface area contributed by atoms with Gasteiger partial charge in [-0.3, -0.25) is 0 Å². The van der Waals surface area contributed by atoms with Crippen LogP contribution < -0.4 is 4.74 Å². The Balaban J connectivity index is 2.08. The third kappa shape index (κ3) is 2.83. The second kappa shape index (κ2) is 5.42. The Morgan fingerprint density at radius 3 is 2.83 bits per heavy atom. The van der Waals surface area contributed by atoms with Crippen LogP contribution in [0.2, 0.25) is 5.02 Å². The summed E-state index contributed by atoms with van der Waals surface area (Å²) in [7, 11) is 1.91. The molecule has 0 radical (unpaired) electrons. The highest BCUT2D eigenvalue weighted by molar-refractivity contribution is 6.32. The van der Waals surface area contributed by atoms with Gasteiger partial charge in [0.15, 0.2) is 0 Å². The third-order valence-electron chi connectivity index (χ3n) is 2.72. The molecule has 2 aromatic rings. The molecule has 18 heavy (non-hydrogen) atoms. The van der Waals surface area contributed by atoms with E-state index in [1.807, 2.05) is 17.8 Å². The average molecular weight is 267 g/mol. The van der Waals surface area contributed by atoms with Crippen molar-refractivity contribution in [1.29, 1.82) is 0 Å². The minimum absolute atomic E-state index is 0.358. The van der Waals surface area contributed by atoms with Crippen LogP contribution in [0.15, 0.2) is 30.6 Å². The first-order valence-electron chi connectivity index (χ1n) is 5.64. The maximum atomic E-state index is 9.44. The van der Waals surface area contributed by atoms with E-state index < -0.39 is 6.10 Å². The highest BCUT2D eigenvalue weighted by atomic mass is 35.5. The van der Waals surface area contributed by atoms with E-state index in [-0.39, 0.29) is 0 Å². The molecule has 1 aromatic heterocycles. The van der Waals surface area contributed by atoms with Gasteiger partial charge in [-0.15, -0.1) is 0 Å². The topological polar surface area (TPSA) is 47.3 Å². The van der Waals surface area contributed by atoms with Gasteiger partial charge in [0.05, 0.1) is 11.1 Å². The predicted octanol–water partition coefficient (Wildman–Crippen LogP) is 2.71. The molecular weight excluding hydrogens is 252 g/mol. The van der Waals surface area contributed by atoms with Gasteiger partial charge in [0, 0.05) is 19.4 Å². The molecule has 0 aliphatic carbocycles. The van der Waals surface area contributed by atoms with Crippen LogP contribution in [-0.4, -0.2) is 14.7 Å². The van der Waals surface area contributed by atoms with E-state index in [4.69, 9.17) is 16.3 Å². The summed E-state index contributed by atoms with van der Waals surface area (Å²) in [4.78, 5) is 4.16. The average Bonchev–Trinajstić information content (AvgIpc) is 2.73. The fourth-order valence-electron chi connectivity index (χ4n) is 1.57. The Labute approximate surface area is 111 Å². The van der Waals surface area contributed by atoms with Gasteiger partial charge in [-0.2, -0.15) is 0 Å². The van der Waals surface area contributed by atoms with Gasteiger partial charge in [-0.1, -0.05) is 17.7 Å². The summed E-state index contributed by atoms with van der Waals surface area (Å²) in [6.45, 7) is 2.05. The van der Waals surface area contributed by atoms with E-state index in [0.29, 0.717) is 17.4 Å². The number of halogens is 1. The van der Waals surface area contributed by atoms with Gasteiger partial charge in [0.1, 0.15) is 18.2 Å². The molecule has 1 heterocycles. The fraction of sp³-hybridized carbons (Fsp3) is 0.308. The Bertz CT molecular complexity index is 538. The molecule has 96 valence electrons. The number of hydrogen-bond acceptors (Lipinski definition) is 3. The largest absolute Gasteiger partial charge is 0.484 e. The molecule has 0 fully saturated rings. The molecule has 1 aromatic carbocycles. The van der Waals surface area contributed by atoms with Crippen LogP contribution in [0.4, 0.5) is 0 Å². The summed E-state index contributed by atoms with van der Waals surface area (Å²) in [5, 5.41) is 9.93. The molecule has 1 N–H and O–H groups in total. The van der Waals surface area contributed by atoms with Crippen LogP contribution in [0.5, 0.6) is 5.75 Å². The molecule has 0 bridgehead atoms. The highest BCUT2D eigenvalue weighted by Crippen LogP contribution is 2.28. The molecule has 0 saturated heterocycles. The van der Waals surface area contributed by atoms with Gasteiger partial charge in [-0.05, 0) is 24.6 Å². The zero-order valence-electron chi connectivity index (χ0n) is 10.3. The minimum Gasteiger partial charge on any atom is -0.484 e. The summed E-state index contributed by atoms with van der Waals surface area (Å²) in [5.41, 5.74) is 0.768. The fourth-order valence-corrected chi connectivity index (χ4v) is 1.82. The SMILES string of the molecule is C[C@H](O)c1ccc(OCc2nccn2C)c(Cl)c1. The highest BCUT2D eigenvalue weighted by Gasteiger charge is 2.08. The molecule has 1 atom stereocenters. The maximum absolute atomic E-state index is 9.44. The molecule has 0 saturated carbocycles. The van der Waals surface area contributed by atoms with Crippen molar-refractivity contribution in [1.82, 2.24) is 9.55 Å². The first-order chi connectivity index (χ1) is 8.58. The van der Waals surface area contributed by atoms with Crippen molar-refractivity contribution in [2.45, 2.75) is 19.6 Å². The summed E-state index contributed by atoms with van der Waals surface area (Å²) in [6, 6.07) is 5.26. The lowest BCUT2D eigenvalue weighted by Crippen LogP contribution is -2.03. The Morgan fingerprint density at radius 1 is 1.50 bits per heavy atom. The second-order valence-corrected chi connectivity index (χ2v) is 4.52. The lowest BCUT2D eigenvalue weighted by atomic mass is 10.1. The van der Waals surface area contributed by atoms with Gasteiger partial charge in [0.25, 0.3) is 0 Å². The first-order valence-corrected chi connectivity index (χ1v) is 6.02. The van der Waals surface area contributed by atoms with E-state index in [1.54, 1.807) is 31.3 Å². The smallest absolute Gasteiger partial charge is 0.146 e. The Kier molecular flexibility index (Phi) is 3.89. The van der Waals surface area contributed by atoms with Gasteiger partial charge >= 0.3 is 0 Å². The third-order valence-corrected chi connectivity index (χ3v) is 3.01. The van der Waals surface area contributed by atoms with E-state index in [0.717, 1.165) is 11.4 Å². The van der Waals surface area contributed by atoms with Gasteiger partial charge < -0.3 is 14.4 Å². The van der Waals surface area contributed by atoms with Crippen molar-refractivity contribution in [3.8, 4) is 5.75 Å². The van der Waals surface area contributed by atoms with Crippen LogP contribution >= 0.6 is 11.6 Å². The number of benzene rings is 1. The second-order valence-electron chi connectivity index (χ2n) is 4.11. The summed E-state index contributed by atoms with van der Waals surface area (Å²) < 4.78 is 7.49. The number of ether oxygens (including phenoxy) is 1. The van der Waals surface area contributed by atoms with Gasteiger partial charge in [-0.25, -0.2) is 4.98 Å². The molecular formula is C13H15ClN2O2. The minimum atomic E-state index is -0.536. The number of hydrogen-bond donors (Lipinski definition) is 1. The molecule has 0 spiro atoms. The molecule has 0 unspecified atom stereocenters. The number of aromatic nitrogens is 2. The van der Waals surface area contributed by atoms with Crippen molar-refractivity contribution in [3.05, 3.63) is 47.0 Å². The standard InChI is InChI=1S/C13H15ClN2O2/c1-9(17)10-3-4-12(11(14)7-10)18-8-13-15-5-6-16(13)2/h3-7,9,17H,8H2,1-2H3/t9-/m0/s1. The molecule has 0 aliphatic heterocycles. The number of aliphatic hydroxyl groups is 1. The van der Waals surface area contributed by atoms with Crippen LogP contribution in [0.1, 0.15) is 24.4 Å². The quantitative estimate of drug-likeness (QED) is 0.926. The normalized spacial score (nSPS) is 12.4. The zero-order valence-corrected chi connectivity index (χ0v) is 11.1. The first kappa shape index (κ1) is 12.9. The van der Waals surface area contributed by atoms with Crippen LogP contribution in [0.3, 0.4) is 0 Å². The number of nitrogens with zero attached hydrogens (tertiary/aromatic N) is 2. The van der Waals surface area contributed by atoms with Crippen LogP contribution in [0.25, 0.3) is 0 Å². The van der Waals surface area contributed by atoms with Crippen molar-refractivity contribution in [2.75, 3.05) is 0 Å². The lowest BCUT2D eigenvalue weighted by molar-refractivity contribution is 0.199. The summed E-state index contributed by atoms with van der Waals surface area (Å²) >= 11 is 6.09. The number of aryl methyl sites for hydroxylation is 1. The Morgan fingerprint density at radius 2 is 2.28 bits per heavy atom. The summed E-state index contributed by atoms with van der Waals surface area (Å²) in [6.07, 6.45) is 3.04. The molecule has 5 heteroatoms. The lowest BCUT2D eigenvalue weighted by Gasteiger charge is -2.10. The van der Waals surface area contributed by atoms with Crippen molar-refractivity contribution in [3.63, 3.8) is 0 Å². The van der Waals surface area contributed by atoms with E-state index >= 15 is 0 Å². The van der Waals surface area contributed by atoms with Crippen molar-refractivity contribution < 1.29 is 9.84 Å². The van der Waals surface area contributed by atoms with E-state index in [9.17, 15) is 5.11 Å². The zero-order chi connectivity index (χ0) is 13.1. The number of imidazole rings is 1. The van der Waals surface area contributed by atoms with E-state index in [1.165, 1.54) is 0 Å². The molecule has 4 nitrogen and oxygen atoms in total. The monoisotopic (exact) mass is 266 g/mol.